The molecular weight excluding hydrogens is 354 g/mol. The van der Waals surface area contributed by atoms with E-state index in [4.69, 9.17) is 19.6 Å². The predicted octanol–water partition coefficient (Wildman–Crippen LogP) is 1.37. The van der Waals surface area contributed by atoms with Crippen LogP contribution in [0.15, 0.2) is 24.3 Å². The van der Waals surface area contributed by atoms with Gasteiger partial charge in [-0.15, -0.1) is 0 Å². The molecule has 1 saturated heterocycles. The number of likely N-dealkylation sites (N-methyl/N-ethyl adjacent to an activating group) is 1. The van der Waals surface area contributed by atoms with E-state index in [-0.39, 0.29) is 0 Å². The molecule has 1 N–H and O–H groups in total. The molecule has 0 spiro atoms. The van der Waals surface area contributed by atoms with Crippen molar-refractivity contribution < 1.29 is 14.4 Å². The fourth-order valence-electron chi connectivity index (χ4n) is 3.75. The molecule has 3 heterocycles. The minimum absolute atomic E-state index is 0.744. The monoisotopic (exact) mass is 382 g/mol. The van der Waals surface area contributed by atoms with Crippen molar-refractivity contribution in [1.29, 1.82) is 0 Å². The molecule has 1 aliphatic rings. The minimum atomic E-state index is 0.744. The van der Waals surface area contributed by atoms with Crippen LogP contribution in [0.1, 0.15) is 11.3 Å². The van der Waals surface area contributed by atoms with Gasteiger partial charge in [0.1, 0.15) is 17.3 Å². The van der Waals surface area contributed by atoms with Crippen molar-refractivity contribution in [1.82, 2.24) is 14.6 Å². The van der Waals surface area contributed by atoms with Crippen LogP contribution < -0.4 is 19.3 Å². The lowest BCUT2D eigenvalue weighted by Gasteiger charge is -2.32. The molecule has 3 aromatic rings. The van der Waals surface area contributed by atoms with Gasteiger partial charge in [-0.25, -0.2) is 4.98 Å². The Kier molecular flexibility index (Phi) is 4.85. The molecule has 0 aliphatic carbocycles. The number of methoxy groups -OCH3 is 2. The third-order valence-electron chi connectivity index (χ3n) is 5.62. The first-order chi connectivity index (χ1) is 13.5. The van der Waals surface area contributed by atoms with E-state index >= 15 is 0 Å². The highest BCUT2D eigenvalue weighted by molar-refractivity contribution is 5.69. The van der Waals surface area contributed by atoms with E-state index in [0.29, 0.717) is 0 Å². The average Bonchev–Trinajstić information content (AvgIpc) is 3.12. The van der Waals surface area contributed by atoms with E-state index in [1.54, 1.807) is 19.1 Å². The second-order valence-electron chi connectivity index (χ2n) is 7.49. The summed E-state index contributed by atoms with van der Waals surface area (Å²) in [5, 5.41) is 4.92. The van der Waals surface area contributed by atoms with Gasteiger partial charge >= 0.3 is 0 Å². The molecule has 7 nitrogen and oxygen atoms in total. The van der Waals surface area contributed by atoms with Gasteiger partial charge in [0.05, 0.1) is 53.1 Å². The second-order valence-corrected chi connectivity index (χ2v) is 7.49. The number of ether oxygens (including phenoxy) is 2. The highest BCUT2D eigenvalue weighted by Gasteiger charge is 2.23. The highest BCUT2D eigenvalue weighted by Crippen LogP contribution is 2.31. The quantitative estimate of drug-likeness (QED) is 0.739. The summed E-state index contributed by atoms with van der Waals surface area (Å²) < 4.78 is 12.8. The Morgan fingerprint density at radius 2 is 1.61 bits per heavy atom. The van der Waals surface area contributed by atoms with Crippen LogP contribution in [0.25, 0.3) is 16.9 Å². The summed E-state index contributed by atoms with van der Waals surface area (Å²) in [6.07, 6.45) is 0. The summed E-state index contributed by atoms with van der Waals surface area (Å²) in [5.74, 6) is 2.64. The molecule has 7 heteroatoms. The summed E-state index contributed by atoms with van der Waals surface area (Å²) in [7, 11) is 5.56. The van der Waals surface area contributed by atoms with Crippen molar-refractivity contribution in [2.24, 2.45) is 0 Å². The van der Waals surface area contributed by atoms with Gasteiger partial charge in [-0.3, -0.25) is 0 Å². The molecule has 0 unspecified atom stereocenters. The zero-order valence-corrected chi connectivity index (χ0v) is 17.2. The molecule has 1 aromatic carbocycles. The van der Waals surface area contributed by atoms with E-state index in [9.17, 15) is 0 Å². The molecule has 0 atom stereocenters. The molecule has 2 aromatic heterocycles. The Bertz CT molecular complexity index is 983. The Morgan fingerprint density at radius 3 is 2.21 bits per heavy atom. The number of aromatic nitrogens is 3. The Morgan fingerprint density at radius 1 is 0.964 bits per heavy atom. The van der Waals surface area contributed by atoms with Crippen LogP contribution in [-0.2, 0) is 0 Å². The number of piperazine rings is 1. The van der Waals surface area contributed by atoms with Gasteiger partial charge in [0.25, 0.3) is 0 Å². The van der Waals surface area contributed by atoms with Gasteiger partial charge in [-0.2, -0.15) is 9.61 Å². The van der Waals surface area contributed by atoms with Gasteiger partial charge in [0.2, 0.25) is 0 Å². The average molecular weight is 382 g/mol. The smallest absolute Gasteiger partial charge is 0.158 e. The lowest BCUT2D eigenvalue weighted by molar-refractivity contribution is -0.880. The zero-order valence-electron chi connectivity index (χ0n) is 17.2. The van der Waals surface area contributed by atoms with E-state index in [2.05, 4.69) is 25.8 Å². The van der Waals surface area contributed by atoms with Crippen LogP contribution in [0.2, 0.25) is 0 Å². The normalized spacial score (nSPS) is 15.2. The van der Waals surface area contributed by atoms with E-state index in [1.165, 1.54) is 5.56 Å². The molecule has 28 heavy (non-hydrogen) atoms. The number of nitrogens with zero attached hydrogens (tertiary/aromatic N) is 4. The molecule has 0 saturated carbocycles. The molecule has 0 radical (unpaired) electrons. The summed E-state index contributed by atoms with van der Waals surface area (Å²) in [5.41, 5.74) is 4.90. The van der Waals surface area contributed by atoms with Crippen LogP contribution in [0.3, 0.4) is 0 Å². The van der Waals surface area contributed by atoms with E-state index in [0.717, 1.165) is 66.1 Å². The lowest BCUT2D eigenvalue weighted by atomic mass is 10.1. The fourth-order valence-corrected chi connectivity index (χ4v) is 3.75. The van der Waals surface area contributed by atoms with Gasteiger partial charge in [0.15, 0.2) is 5.65 Å². The number of hydrogen-bond donors (Lipinski definition) is 1. The van der Waals surface area contributed by atoms with Crippen molar-refractivity contribution in [3.63, 3.8) is 0 Å². The maximum atomic E-state index is 5.42. The number of benzene rings is 1. The number of aryl methyl sites for hydroxylation is 1. The Balaban J connectivity index is 1.84. The maximum absolute atomic E-state index is 5.42. The minimum Gasteiger partial charge on any atom is -0.497 e. The summed E-state index contributed by atoms with van der Waals surface area (Å²) in [4.78, 5) is 8.79. The van der Waals surface area contributed by atoms with Crippen LogP contribution in [0.4, 0.5) is 5.82 Å². The van der Waals surface area contributed by atoms with Gasteiger partial charge in [-0.05, 0) is 26.0 Å². The standard InChI is InChI=1S/C21H27N5O2/c1-14-15(2)22-20-13-19(16-10-17(27-4)12-18(11-16)28-5)23-26(20)21(14)25-8-6-24(3)7-9-25/h10-13H,6-9H2,1-5H3/p+1. The maximum Gasteiger partial charge on any atom is 0.158 e. The summed E-state index contributed by atoms with van der Waals surface area (Å²) >= 11 is 0. The fraction of sp³-hybridized carbons (Fsp3) is 0.429. The first-order valence-corrected chi connectivity index (χ1v) is 9.67. The number of fused-ring (bicyclic) bond motifs is 1. The number of nitrogens with one attached hydrogen (secondary N) is 1. The number of rotatable bonds is 4. The molecule has 0 bridgehead atoms. The number of quaternary nitrogens is 1. The van der Waals surface area contributed by atoms with Gasteiger partial charge < -0.3 is 19.3 Å². The van der Waals surface area contributed by atoms with Crippen LogP contribution in [-0.4, -0.2) is 62.0 Å². The lowest BCUT2D eigenvalue weighted by Crippen LogP contribution is -3.12. The van der Waals surface area contributed by atoms with Crippen LogP contribution in [0, 0.1) is 13.8 Å². The molecule has 1 fully saturated rings. The molecule has 1 aliphatic heterocycles. The third-order valence-corrected chi connectivity index (χ3v) is 5.62. The Hall–Kier alpha value is -2.80. The van der Waals surface area contributed by atoms with E-state index < -0.39 is 0 Å². The van der Waals surface area contributed by atoms with Gasteiger partial charge in [-0.1, -0.05) is 0 Å². The zero-order chi connectivity index (χ0) is 19.8. The van der Waals surface area contributed by atoms with Crippen LogP contribution >= 0.6 is 0 Å². The largest absolute Gasteiger partial charge is 0.497 e. The first-order valence-electron chi connectivity index (χ1n) is 9.67. The summed E-state index contributed by atoms with van der Waals surface area (Å²) in [6.45, 7) is 8.51. The van der Waals surface area contributed by atoms with Crippen LogP contribution in [0.5, 0.6) is 11.5 Å². The van der Waals surface area contributed by atoms with E-state index in [1.807, 2.05) is 28.8 Å². The SMILES string of the molecule is COc1cc(OC)cc(-c2cc3nc(C)c(C)c(N4CC[NH+](C)CC4)n3n2)c1. The highest BCUT2D eigenvalue weighted by atomic mass is 16.5. The number of hydrogen-bond acceptors (Lipinski definition) is 5. The van der Waals surface area contributed by atoms with Crippen molar-refractivity contribution in [2.75, 3.05) is 52.3 Å². The summed E-state index contributed by atoms with van der Waals surface area (Å²) in [6, 6.07) is 7.85. The molecule has 0 amide bonds. The molecule has 148 valence electrons. The van der Waals surface area contributed by atoms with Crippen molar-refractivity contribution in [2.45, 2.75) is 13.8 Å². The number of anilines is 1. The topological polar surface area (TPSA) is 56.3 Å². The van der Waals surface area contributed by atoms with Crippen molar-refractivity contribution >= 4 is 11.5 Å². The molecule has 4 rings (SSSR count). The third kappa shape index (κ3) is 3.26. The van der Waals surface area contributed by atoms with Crippen molar-refractivity contribution in [3.05, 3.63) is 35.5 Å². The first kappa shape index (κ1) is 18.6. The van der Waals surface area contributed by atoms with Crippen molar-refractivity contribution in [3.8, 4) is 22.8 Å². The predicted molar refractivity (Wildman–Crippen MR) is 110 cm³/mol. The molecular formula is C21H28N5O2+. The van der Waals surface area contributed by atoms with Gasteiger partial charge in [0, 0.05) is 29.0 Å². The second kappa shape index (κ2) is 7.31. The Labute approximate surface area is 165 Å².